The molecule has 3 atom stereocenters. The molecule has 3 N–H and O–H groups in total. The minimum Gasteiger partial charge on any atom is -0.457 e. The van der Waals surface area contributed by atoms with Gasteiger partial charge in [-0.05, 0) is 38.5 Å². The SMILES string of the molecule is CCCCCCCCC/C=C\CCCCCCCCOCC(COP(=O)(O)OCC(O)CO)OC(=O)CCCCCCCCCCCCCCCC. The lowest BCUT2D eigenvalue weighted by molar-refractivity contribution is -0.154. The maximum atomic E-state index is 12.6. The van der Waals surface area contributed by atoms with Crippen LogP contribution in [0.3, 0.4) is 0 Å². The Hall–Kier alpha value is -0.800. The number of hydrogen-bond donors (Lipinski definition) is 3. The number of aliphatic hydroxyl groups is 2. The molecule has 0 fully saturated rings. The Morgan fingerprint density at radius 2 is 0.981 bits per heavy atom. The minimum atomic E-state index is -4.51. The van der Waals surface area contributed by atoms with Crippen molar-refractivity contribution >= 4 is 13.8 Å². The van der Waals surface area contributed by atoms with E-state index >= 15 is 0 Å². The van der Waals surface area contributed by atoms with Gasteiger partial charge in [0.15, 0.2) is 0 Å². The number of ether oxygens (including phenoxy) is 2. The van der Waals surface area contributed by atoms with Gasteiger partial charge in [-0.1, -0.05) is 174 Å². The van der Waals surface area contributed by atoms with Crippen LogP contribution in [0.5, 0.6) is 0 Å². The van der Waals surface area contributed by atoms with Crippen molar-refractivity contribution in [3.63, 3.8) is 0 Å². The Balaban J connectivity index is 4.15. The van der Waals surface area contributed by atoms with Crippen LogP contribution in [0.15, 0.2) is 12.2 Å². The predicted molar refractivity (Wildman–Crippen MR) is 215 cm³/mol. The third-order valence-corrected chi connectivity index (χ3v) is 10.4. The smallest absolute Gasteiger partial charge is 0.457 e. The summed E-state index contributed by atoms with van der Waals surface area (Å²) in [4.78, 5) is 22.5. The van der Waals surface area contributed by atoms with Crippen molar-refractivity contribution in [1.29, 1.82) is 0 Å². The Morgan fingerprint density at radius 1 is 0.577 bits per heavy atom. The van der Waals surface area contributed by atoms with E-state index in [0.717, 1.165) is 44.9 Å². The first-order valence-corrected chi connectivity index (χ1v) is 23.2. The molecule has 0 rings (SSSR count). The van der Waals surface area contributed by atoms with Gasteiger partial charge in [0.2, 0.25) is 0 Å². The number of esters is 1. The van der Waals surface area contributed by atoms with Crippen molar-refractivity contribution < 1.29 is 43.0 Å². The van der Waals surface area contributed by atoms with Crippen molar-refractivity contribution in [2.45, 2.75) is 219 Å². The normalized spacial score (nSPS) is 14.2. The number of allylic oxidation sites excluding steroid dienone is 2. The maximum absolute atomic E-state index is 12.6. The van der Waals surface area contributed by atoms with E-state index in [0.29, 0.717) is 6.61 Å². The summed E-state index contributed by atoms with van der Waals surface area (Å²) in [5, 5.41) is 18.3. The molecular weight excluding hydrogens is 679 g/mol. The standard InChI is InChI=1S/C42H83O9P/c1-3-5-7-9-11-13-15-17-19-20-21-23-25-27-29-31-33-35-48-38-41(39-50-52(46,47)49-37-40(44)36-43)51-42(45)34-32-30-28-26-24-22-18-16-14-12-10-8-6-4-2/h19-20,40-41,43-44H,3-18,21-39H2,1-2H3,(H,46,47)/b20-19-. The van der Waals surface area contributed by atoms with Gasteiger partial charge >= 0.3 is 13.8 Å². The maximum Gasteiger partial charge on any atom is 0.472 e. The lowest BCUT2D eigenvalue weighted by atomic mass is 10.0. The zero-order valence-electron chi connectivity index (χ0n) is 33.8. The van der Waals surface area contributed by atoms with Crippen LogP contribution in [0, 0.1) is 0 Å². The fraction of sp³-hybridized carbons (Fsp3) is 0.929. The van der Waals surface area contributed by atoms with Crippen LogP contribution < -0.4 is 0 Å². The van der Waals surface area contributed by atoms with E-state index in [-0.39, 0.29) is 25.6 Å². The van der Waals surface area contributed by atoms with E-state index < -0.39 is 33.2 Å². The Kier molecular flexibility index (Phi) is 39.3. The van der Waals surface area contributed by atoms with Crippen LogP contribution in [-0.4, -0.2) is 66.3 Å². The Labute approximate surface area is 320 Å². The molecule has 0 bridgehead atoms. The van der Waals surface area contributed by atoms with Crippen LogP contribution in [-0.2, 0) is 27.9 Å². The van der Waals surface area contributed by atoms with Crippen LogP contribution in [0.25, 0.3) is 0 Å². The number of hydrogen-bond acceptors (Lipinski definition) is 8. The van der Waals surface area contributed by atoms with Gasteiger partial charge in [-0.3, -0.25) is 13.8 Å². The highest BCUT2D eigenvalue weighted by Gasteiger charge is 2.26. The highest BCUT2D eigenvalue weighted by molar-refractivity contribution is 7.47. The fourth-order valence-electron chi connectivity index (χ4n) is 6.12. The molecule has 0 aromatic carbocycles. The first-order valence-electron chi connectivity index (χ1n) is 21.7. The molecule has 0 heterocycles. The minimum absolute atomic E-state index is 0.0505. The van der Waals surface area contributed by atoms with E-state index in [4.69, 9.17) is 23.6 Å². The number of rotatable bonds is 42. The van der Waals surface area contributed by atoms with Gasteiger partial charge in [0.05, 0.1) is 26.4 Å². The largest absolute Gasteiger partial charge is 0.472 e. The third kappa shape index (κ3) is 38.9. The number of unbranched alkanes of at least 4 members (excludes halogenated alkanes) is 26. The van der Waals surface area contributed by atoms with Gasteiger partial charge < -0.3 is 24.6 Å². The zero-order valence-corrected chi connectivity index (χ0v) is 34.7. The average Bonchev–Trinajstić information content (AvgIpc) is 3.13. The van der Waals surface area contributed by atoms with Crippen molar-refractivity contribution in [3.05, 3.63) is 12.2 Å². The molecule has 0 saturated carbocycles. The summed E-state index contributed by atoms with van der Waals surface area (Å²) in [7, 11) is -4.51. The van der Waals surface area contributed by atoms with Crippen LogP contribution in [0.2, 0.25) is 0 Å². The molecule has 0 aliphatic carbocycles. The molecule has 0 amide bonds. The van der Waals surface area contributed by atoms with Gasteiger partial charge in [0.25, 0.3) is 0 Å². The molecule has 0 aliphatic rings. The highest BCUT2D eigenvalue weighted by Crippen LogP contribution is 2.43. The summed E-state index contributed by atoms with van der Waals surface area (Å²) in [6, 6.07) is 0. The summed E-state index contributed by atoms with van der Waals surface area (Å²) in [5.74, 6) is -0.381. The second-order valence-corrected chi connectivity index (χ2v) is 16.2. The molecule has 9 nitrogen and oxygen atoms in total. The third-order valence-electron chi connectivity index (χ3n) is 9.45. The molecule has 10 heteroatoms. The van der Waals surface area contributed by atoms with E-state index in [9.17, 15) is 19.4 Å². The quantitative estimate of drug-likeness (QED) is 0.0241. The van der Waals surface area contributed by atoms with Crippen LogP contribution in [0.4, 0.5) is 0 Å². The Morgan fingerprint density at radius 3 is 1.44 bits per heavy atom. The molecule has 0 radical (unpaired) electrons. The average molecular weight is 763 g/mol. The molecule has 310 valence electrons. The van der Waals surface area contributed by atoms with Gasteiger partial charge in [-0.2, -0.15) is 0 Å². The fourth-order valence-corrected chi connectivity index (χ4v) is 6.91. The van der Waals surface area contributed by atoms with E-state index in [1.807, 2.05) is 0 Å². The van der Waals surface area contributed by atoms with Gasteiger partial charge in [-0.25, -0.2) is 4.57 Å². The lowest BCUT2D eigenvalue weighted by Gasteiger charge is -2.20. The molecule has 0 aromatic rings. The van der Waals surface area contributed by atoms with E-state index in [1.165, 1.54) is 141 Å². The molecule has 52 heavy (non-hydrogen) atoms. The molecule has 0 spiro atoms. The highest BCUT2D eigenvalue weighted by atomic mass is 31.2. The van der Waals surface area contributed by atoms with E-state index in [2.05, 4.69) is 26.0 Å². The zero-order chi connectivity index (χ0) is 38.2. The van der Waals surface area contributed by atoms with Crippen molar-refractivity contribution in [1.82, 2.24) is 0 Å². The van der Waals surface area contributed by atoms with Crippen LogP contribution >= 0.6 is 7.82 Å². The summed E-state index contributed by atoms with van der Waals surface area (Å²) >= 11 is 0. The summed E-state index contributed by atoms with van der Waals surface area (Å²) in [6.07, 6.45) is 38.8. The monoisotopic (exact) mass is 763 g/mol. The van der Waals surface area contributed by atoms with Crippen molar-refractivity contribution in [3.8, 4) is 0 Å². The molecule has 0 aliphatic heterocycles. The topological polar surface area (TPSA) is 132 Å². The Bertz CT molecular complexity index is 825. The van der Waals surface area contributed by atoms with Gasteiger partial charge in [-0.15, -0.1) is 0 Å². The number of carbonyl (C=O) groups excluding carboxylic acids is 1. The first kappa shape index (κ1) is 51.2. The first-order chi connectivity index (χ1) is 25.3. The lowest BCUT2D eigenvalue weighted by Crippen LogP contribution is -2.29. The summed E-state index contributed by atoms with van der Waals surface area (Å²) in [5.41, 5.74) is 0. The van der Waals surface area contributed by atoms with Crippen molar-refractivity contribution in [2.75, 3.05) is 33.0 Å². The van der Waals surface area contributed by atoms with Gasteiger partial charge in [0.1, 0.15) is 12.2 Å². The molecule has 0 aromatic heterocycles. The summed E-state index contributed by atoms with van der Waals surface area (Å²) < 4.78 is 33.3. The van der Waals surface area contributed by atoms with Crippen LogP contribution in [0.1, 0.15) is 206 Å². The number of aliphatic hydroxyl groups excluding tert-OH is 2. The van der Waals surface area contributed by atoms with E-state index in [1.54, 1.807) is 0 Å². The second kappa shape index (κ2) is 39.9. The van der Waals surface area contributed by atoms with Gasteiger partial charge in [0, 0.05) is 13.0 Å². The second-order valence-electron chi connectivity index (χ2n) is 14.7. The number of phosphoric acid groups is 1. The predicted octanol–water partition coefficient (Wildman–Crippen LogP) is 11.7. The number of phosphoric ester groups is 1. The molecule has 3 unspecified atom stereocenters. The molecule has 0 saturated heterocycles. The van der Waals surface area contributed by atoms with Crippen molar-refractivity contribution in [2.24, 2.45) is 0 Å². The number of carbonyl (C=O) groups is 1. The summed E-state index contributed by atoms with van der Waals surface area (Å²) in [6.45, 7) is 3.53. The molecular formula is C42H83O9P.